The van der Waals surface area contributed by atoms with Crippen LogP contribution in [0.4, 0.5) is 0 Å². The molecule has 0 aliphatic heterocycles. The zero-order valence-corrected chi connectivity index (χ0v) is 51.9. The van der Waals surface area contributed by atoms with E-state index >= 15 is 0 Å². The van der Waals surface area contributed by atoms with Crippen LogP contribution in [-0.2, 0) is 28.6 Å². The molecule has 0 aliphatic carbocycles. The van der Waals surface area contributed by atoms with Crippen molar-refractivity contribution < 1.29 is 28.6 Å². The molecular weight excluding hydrogens is 973 g/mol. The van der Waals surface area contributed by atoms with Crippen LogP contribution >= 0.6 is 0 Å². The normalized spacial score (nSPS) is 12.8. The van der Waals surface area contributed by atoms with Crippen LogP contribution < -0.4 is 0 Å². The summed E-state index contributed by atoms with van der Waals surface area (Å²) in [7, 11) is 0. The molecule has 0 amide bonds. The molecule has 0 saturated carbocycles. The monoisotopic (exact) mass is 1100 g/mol. The fraction of sp³-hybridized carbons (Fsp3) is 0.712. The van der Waals surface area contributed by atoms with Gasteiger partial charge in [-0.25, -0.2) is 0 Å². The van der Waals surface area contributed by atoms with Crippen molar-refractivity contribution in [2.75, 3.05) is 13.2 Å². The van der Waals surface area contributed by atoms with Gasteiger partial charge < -0.3 is 14.2 Å². The Kier molecular flexibility index (Phi) is 63.3. The Morgan fingerprint density at radius 1 is 0.266 bits per heavy atom. The molecular formula is C73H124O6. The lowest BCUT2D eigenvalue weighted by molar-refractivity contribution is -0.167. The minimum Gasteiger partial charge on any atom is -0.462 e. The Morgan fingerprint density at radius 2 is 0.494 bits per heavy atom. The van der Waals surface area contributed by atoms with Gasteiger partial charge in [0.2, 0.25) is 0 Å². The van der Waals surface area contributed by atoms with E-state index in [2.05, 4.69) is 130 Å². The summed E-state index contributed by atoms with van der Waals surface area (Å²) in [6, 6.07) is 0. The molecule has 0 aliphatic rings. The summed E-state index contributed by atoms with van der Waals surface area (Å²) in [5, 5.41) is 0. The van der Waals surface area contributed by atoms with Crippen molar-refractivity contribution in [3.05, 3.63) is 109 Å². The van der Waals surface area contributed by atoms with Crippen molar-refractivity contribution in [2.24, 2.45) is 0 Å². The lowest BCUT2D eigenvalue weighted by atomic mass is 10.0. The maximum Gasteiger partial charge on any atom is 0.306 e. The number of carbonyl (C=O) groups is 3. The van der Waals surface area contributed by atoms with Gasteiger partial charge in [0.1, 0.15) is 13.2 Å². The van der Waals surface area contributed by atoms with Crippen LogP contribution in [-0.4, -0.2) is 37.2 Å². The van der Waals surface area contributed by atoms with Crippen molar-refractivity contribution in [3.63, 3.8) is 0 Å². The van der Waals surface area contributed by atoms with E-state index < -0.39 is 6.10 Å². The summed E-state index contributed by atoms with van der Waals surface area (Å²) in [5.41, 5.74) is 0. The zero-order chi connectivity index (χ0) is 57.1. The van der Waals surface area contributed by atoms with Crippen LogP contribution in [0.3, 0.4) is 0 Å². The second-order valence-corrected chi connectivity index (χ2v) is 22.0. The standard InChI is InChI=1S/C73H124O6/c1-4-7-10-13-16-19-22-25-27-29-30-31-32-33-34-35-36-37-38-39-40-41-42-44-45-48-51-54-57-60-63-66-72(75)78-69-70(68-77-71(74)65-62-59-56-53-50-47-24-21-18-15-12-9-6-3)79-73(76)67-64-61-58-55-52-49-46-43-28-26-23-20-17-14-11-8-5-2/h7,10,16,19,21,24-25,27,30-31,33-34,36-37,39-40,42,44,70H,4-6,8-9,11-15,17-18,20,22-23,26,28-29,32,35,38,41,43,45-69H2,1-3H3/b10-7-,19-16-,24-21-,27-25-,31-30-,34-33-,37-36-,40-39-,44-42-. The van der Waals surface area contributed by atoms with Gasteiger partial charge in [0.25, 0.3) is 0 Å². The van der Waals surface area contributed by atoms with Crippen LogP contribution in [0.25, 0.3) is 0 Å². The summed E-state index contributed by atoms with van der Waals surface area (Å²) in [5.74, 6) is -0.896. The van der Waals surface area contributed by atoms with E-state index in [9.17, 15) is 14.4 Å². The van der Waals surface area contributed by atoms with E-state index in [4.69, 9.17) is 14.2 Å². The van der Waals surface area contributed by atoms with Crippen LogP contribution in [0.1, 0.15) is 316 Å². The molecule has 0 radical (unpaired) electrons. The Labute approximate surface area is 489 Å². The van der Waals surface area contributed by atoms with Crippen LogP contribution in [0.5, 0.6) is 0 Å². The van der Waals surface area contributed by atoms with E-state index in [1.807, 2.05) is 0 Å². The number of ether oxygens (including phenoxy) is 3. The average molecular weight is 1100 g/mol. The van der Waals surface area contributed by atoms with Gasteiger partial charge in [-0.15, -0.1) is 0 Å². The predicted molar refractivity (Wildman–Crippen MR) is 343 cm³/mol. The van der Waals surface area contributed by atoms with Gasteiger partial charge in [0.15, 0.2) is 6.10 Å². The Balaban J connectivity index is 4.32. The summed E-state index contributed by atoms with van der Waals surface area (Å²) in [6.07, 6.45) is 91.0. The van der Waals surface area contributed by atoms with E-state index in [1.165, 1.54) is 148 Å². The van der Waals surface area contributed by atoms with Crippen molar-refractivity contribution in [1.82, 2.24) is 0 Å². The van der Waals surface area contributed by atoms with E-state index in [0.29, 0.717) is 19.3 Å². The molecule has 1 unspecified atom stereocenters. The fourth-order valence-corrected chi connectivity index (χ4v) is 9.28. The first kappa shape index (κ1) is 75.1. The summed E-state index contributed by atoms with van der Waals surface area (Å²) >= 11 is 0. The van der Waals surface area contributed by atoms with E-state index in [-0.39, 0.29) is 31.1 Å². The first-order chi connectivity index (χ1) is 39.0. The number of hydrogen-bond acceptors (Lipinski definition) is 6. The van der Waals surface area contributed by atoms with Gasteiger partial charge in [-0.3, -0.25) is 14.4 Å². The number of esters is 3. The molecule has 0 aromatic carbocycles. The third-order valence-electron chi connectivity index (χ3n) is 14.3. The van der Waals surface area contributed by atoms with Crippen molar-refractivity contribution in [1.29, 1.82) is 0 Å². The maximum absolute atomic E-state index is 12.9. The van der Waals surface area contributed by atoms with Crippen molar-refractivity contribution >= 4 is 17.9 Å². The third kappa shape index (κ3) is 64.8. The minimum atomic E-state index is -0.788. The lowest BCUT2D eigenvalue weighted by Gasteiger charge is -2.18. The number of rotatable bonds is 60. The third-order valence-corrected chi connectivity index (χ3v) is 14.3. The van der Waals surface area contributed by atoms with Gasteiger partial charge >= 0.3 is 17.9 Å². The van der Waals surface area contributed by atoms with Crippen LogP contribution in [0, 0.1) is 0 Å². The van der Waals surface area contributed by atoms with E-state index in [0.717, 1.165) is 128 Å². The molecule has 452 valence electrons. The molecule has 1 atom stereocenters. The minimum absolute atomic E-state index is 0.0847. The molecule has 0 N–H and O–H groups in total. The first-order valence-electron chi connectivity index (χ1n) is 33.4. The Hall–Kier alpha value is -3.93. The largest absolute Gasteiger partial charge is 0.462 e. The fourth-order valence-electron chi connectivity index (χ4n) is 9.28. The second kappa shape index (κ2) is 66.6. The van der Waals surface area contributed by atoms with Crippen molar-refractivity contribution in [2.45, 2.75) is 322 Å². The molecule has 0 rings (SSSR count). The van der Waals surface area contributed by atoms with Gasteiger partial charge in [0.05, 0.1) is 0 Å². The molecule has 0 bridgehead atoms. The molecule has 0 spiro atoms. The maximum atomic E-state index is 12.9. The smallest absolute Gasteiger partial charge is 0.306 e. The van der Waals surface area contributed by atoms with Crippen molar-refractivity contribution in [3.8, 4) is 0 Å². The molecule has 0 heterocycles. The molecule has 6 nitrogen and oxygen atoms in total. The van der Waals surface area contributed by atoms with Gasteiger partial charge in [-0.1, -0.05) is 297 Å². The molecule has 0 aromatic rings. The Morgan fingerprint density at radius 3 is 0.797 bits per heavy atom. The number of hydrogen-bond donors (Lipinski definition) is 0. The summed E-state index contributed by atoms with van der Waals surface area (Å²) in [6.45, 7) is 6.52. The molecule has 6 heteroatoms. The highest BCUT2D eigenvalue weighted by Gasteiger charge is 2.19. The zero-order valence-electron chi connectivity index (χ0n) is 51.9. The number of carbonyl (C=O) groups excluding carboxylic acids is 3. The summed E-state index contributed by atoms with van der Waals surface area (Å²) < 4.78 is 16.9. The highest BCUT2D eigenvalue weighted by atomic mass is 16.6. The quantitative estimate of drug-likeness (QED) is 0.0261. The van der Waals surface area contributed by atoms with Gasteiger partial charge in [-0.05, 0) is 109 Å². The topological polar surface area (TPSA) is 78.9 Å². The summed E-state index contributed by atoms with van der Waals surface area (Å²) in [4.78, 5) is 38.3. The van der Waals surface area contributed by atoms with Crippen LogP contribution in [0.2, 0.25) is 0 Å². The average Bonchev–Trinajstić information content (AvgIpc) is 3.45. The highest BCUT2D eigenvalue weighted by molar-refractivity contribution is 5.71. The Bertz CT molecular complexity index is 1590. The molecule has 0 saturated heterocycles. The van der Waals surface area contributed by atoms with Gasteiger partial charge in [-0.2, -0.15) is 0 Å². The first-order valence-corrected chi connectivity index (χ1v) is 33.4. The highest BCUT2D eigenvalue weighted by Crippen LogP contribution is 2.16. The molecule has 79 heavy (non-hydrogen) atoms. The SMILES string of the molecule is CC/C=C\C/C=C\C/C=C\C/C=C\C/C=C\C/C=C\C/C=C\C/C=C\CCCCCCCCC(=O)OCC(COC(=O)CCCCCCC/C=C\CCCCCC)OC(=O)CCCCCCCCCCCCCCCCCCC. The molecule has 0 fully saturated rings. The van der Waals surface area contributed by atoms with E-state index in [1.54, 1.807) is 0 Å². The molecule has 0 aromatic heterocycles. The van der Waals surface area contributed by atoms with Crippen LogP contribution in [0.15, 0.2) is 109 Å². The number of unbranched alkanes of at least 4 members (excludes halogenated alkanes) is 31. The second-order valence-electron chi connectivity index (χ2n) is 22.0. The lowest BCUT2D eigenvalue weighted by Crippen LogP contribution is -2.30. The van der Waals surface area contributed by atoms with Gasteiger partial charge in [0, 0.05) is 19.3 Å². The number of allylic oxidation sites excluding steroid dienone is 18. The predicted octanol–water partition coefficient (Wildman–Crippen LogP) is 23.0.